The van der Waals surface area contributed by atoms with Crippen LogP contribution in [0.3, 0.4) is 0 Å². The van der Waals surface area contributed by atoms with Gasteiger partial charge in [-0.05, 0) is 116 Å². The average molecular weight is 831 g/mol. The van der Waals surface area contributed by atoms with Crippen LogP contribution in [0.15, 0.2) is 259 Å². The maximum atomic E-state index is 6.76. The van der Waals surface area contributed by atoms with Crippen molar-refractivity contribution in [1.82, 2.24) is 0 Å². The van der Waals surface area contributed by atoms with Crippen LogP contribution in [0.25, 0.3) is 76.9 Å². The summed E-state index contributed by atoms with van der Waals surface area (Å²) in [6, 6.07) is 91.1. The minimum absolute atomic E-state index is 0.865. The van der Waals surface area contributed by atoms with Crippen molar-refractivity contribution in [2.45, 2.75) is 0 Å². The molecule has 0 amide bonds. The topological polar surface area (TPSA) is 19.6 Å². The molecule has 12 aromatic rings. The molecule has 0 aliphatic heterocycles. The first kappa shape index (κ1) is 38.0. The van der Waals surface area contributed by atoms with Gasteiger partial charge in [0.15, 0.2) is 0 Å². The molecular weight excluding hydrogens is 789 g/mol. The van der Waals surface area contributed by atoms with Gasteiger partial charge in [-0.3, -0.25) is 0 Å². The van der Waals surface area contributed by atoms with E-state index in [0.717, 1.165) is 78.0 Å². The Kier molecular flexibility index (Phi) is 9.50. The van der Waals surface area contributed by atoms with E-state index in [1.165, 1.54) is 33.0 Å². The molecule has 0 radical (unpaired) electrons. The molecule has 0 aliphatic carbocycles. The average Bonchev–Trinajstić information content (AvgIpc) is 3.78. The number of benzene rings is 11. The summed E-state index contributed by atoms with van der Waals surface area (Å²) in [5.74, 6) is 0. The molecule has 0 saturated carbocycles. The van der Waals surface area contributed by atoms with E-state index >= 15 is 0 Å². The maximum absolute atomic E-state index is 6.76. The van der Waals surface area contributed by atoms with E-state index in [1.54, 1.807) is 0 Å². The summed E-state index contributed by atoms with van der Waals surface area (Å²) >= 11 is 0. The monoisotopic (exact) mass is 830 g/mol. The Bertz CT molecular complexity index is 3600. The number of furan rings is 1. The predicted molar refractivity (Wildman–Crippen MR) is 274 cm³/mol. The minimum atomic E-state index is 0.865. The molecular formula is C62H42N2O. The zero-order valence-electron chi connectivity index (χ0n) is 35.6. The summed E-state index contributed by atoms with van der Waals surface area (Å²) in [6.07, 6.45) is 0. The summed E-state index contributed by atoms with van der Waals surface area (Å²) in [4.78, 5) is 4.68. The van der Waals surface area contributed by atoms with E-state index in [-0.39, 0.29) is 0 Å². The molecule has 0 bridgehead atoms. The highest BCUT2D eigenvalue weighted by molar-refractivity contribution is 6.28. The highest BCUT2D eigenvalue weighted by atomic mass is 16.3. The van der Waals surface area contributed by atoms with E-state index in [0.29, 0.717) is 0 Å². The van der Waals surface area contributed by atoms with E-state index in [2.05, 4.69) is 265 Å². The molecule has 0 aliphatic rings. The zero-order chi connectivity index (χ0) is 43.1. The lowest BCUT2D eigenvalue weighted by Gasteiger charge is -2.27. The Balaban J connectivity index is 0.939. The molecule has 12 rings (SSSR count). The standard InChI is InChI=1S/C62H42N2O/c1-4-14-43(15-5-1)45-24-33-51(34-25-45)63(50-19-8-3-9-20-50)52-35-26-47(27-36-52)48-30-39-54(40-31-48)64(53-37-28-46(29-38-53)44-16-6-2-7-17-44)58-42-60-62(57-23-13-12-22-56(57)58)61-55-21-11-10-18-49(55)32-41-59(61)65-60/h1-42H. The highest BCUT2D eigenvalue weighted by Gasteiger charge is 2.22. The molecule has 3 heteroatoms. The van der Waals surface area contributed by atoms with Crippen LogP contribution in [0.4, 0.5) is 34.1 Å². The van der Waals surface area contributed by atoms with Crippen molar-refractivity contribution in [3.8, 4) is 33.4 Å². The van der Waals surface area contributed by atoms with E-state index in [1.807, 2.05) is 0 Å². The molecule has 1 aromatic heterocycles. The lowest BCUT2D eigenvalue weighted by Crippen LogP contribution is -2.10. The van der Waals surface area contributed by atoms with Crippen molar-refractivity contribution in [3.63, 3.8) is 0 Å². The summed E-state index contributed by atoms with van der Waals surface area (Å²) in [5, 5.41) is 7.01. The van der Waals surface area contributed by atoms with Gasteiger partial charge in [0.1, 0.15) is 11.2 Å². The van der Waals surface area contributed by atoms with Gasteiger partial charge in [0.25, 0.3) is 0 Å². The predicted octanol–water partition coefficient (Wildman–Crippen LogP) is 17.8. The molecule has 0 unspecified atom stereocenters. The van der Waals surface area contributed by atoms with Gasteiger partial charge in [-0.25, -0.2) is 0 Å². The van der Waals surface area contributed by atoms with Gasteiger partial charge >= 0.3 is 0 Å². The fourth-order valence-electron chi connectivity index (χ4n) is 9.49. The lowest BCUT2D eigenvalue weighted by atomic mass is 9.97. The van der Waals surface area contributed by atoms with E-state index in [9.17, 15) is 0 Å². The molecule has 0 atom stereocenters. The summed E-state index contributed by atoms with van der Waals surface area (Å²) in [7, 11) is 0. The van der Waals surface area contributed by atoms with Gasteiger partial charge in [-0.2, -0.15) is 0 Å². The number of nitrogens with zero attached hydrogens (tertiary/aromatic N) is 2. The van der Waals surface area contributed by atoms with Crippen LogP contribution < -0.4 is 9.80 Å². The third kappa shape index (κ3) is 6.97. The van der Waals surface area contributed by atoms with Crippen LogP contribution in [0.1, 0.15) is 0 Å². The third-order valence-electron chi connectivity index (χ3n) is 12.7. The zero-order valence-corrected chi connectivity index (χ0v) is 35.6. The van der Waals surface area contributed by atoms with Crippen molar-refractivity contribution in [2.24, 2.45) is 0 Å². The second-order valence-electron chi connectivity index (χ2n) is 16.5. The number of anilines is 6. The van der Waals surface area contributed by atoms with Gasteiger partial charge in [-0.15, -0.1) is 0 Å². The van der Waals surface area contributed by atoms with Crippen molar-refractivity contribution >= 4 is 77.6 Å². The number of fused-ring (bicyclic) bond motifs is 7. The Morgan fingerprint density at radius 1 is 0.246 bits per heavy atom. The van der Waals surface area contributed by atoms with Gasteiger partial charge in [0, 0.05) is 50.7 Å². The van der Waals surface area contributed by atoms with Gasteiger partial charge in [0.05, 0.1) is 5.69 Å². The van der Waals surface area contributed by atoms with Crippen LogP contribution in [0.5, 0.6) is 0 Å². The molecule has 0 spiro atoms. The largest absolute Gasteiger partial charge is 0.456 e. The Hall–Kier alpha value is -8.66. The first-order valence-electron chi connectivity index (χ1n) is 22.2. The summed E-state index contributed by atoms with van der Waals surface area (Å²) < 4.78 is 6.76. The van der Waals surface area contributed by atoms with Crippen molar-refractivity contribution in [2.75, 3.05) is 9.80 Å². The molecule has 0 saturated heterocycles. The lowest BCUT2D eigenvalue weighted by molar-refractivity contribution is 0.669. The smallest absolute Gasteiger partial charge is 0.138 e. The Morgan fingerprint density at radius 2 is 0.615 bits per heavy atom. The SMILES string of the molecule is c1ccc(-c2ccc(N(c3ccccc3)c3ccc(-c4ccc(N(c5ccc(-c6ccccc6)cc5)c5cc6oc7ccc8ccccc8c7c6c6ccccc56)cc4)cc3)cc2)cc1. The summed E-state index contributed by atoms with van der Waals surface area (Å²) in [6.45, 7) is 0. The molecule has 3 nitrogen and oxygen atoms in total. The third-order valence-corrected chi connectivity index (χ3v) is 12.7. The van der Waals surface area contributed by atoms with E-state index in [4.69, 9.17) is 4.42 Å². The van der Waals surface area contributed by atoms with Gasteiger partial charge < -0.3 is 14.2 Å². The Morgan fingerprint density at radius 3 is 1.12 bits per heavy atom. The van der Waals surface area contributed by atoms with Crippen LogP contribution in [-0.4, -0.2) is 0 Å². The van der Waals surface area contributed by atoms with Crippen molar-refractivity contribution in [1.29, 1.82) is 0 Å². The normalized spacial score (nSPS) is 11.4. The molecule has 0 N–H and O–H groups in total. The second-order valence-corrected chi connectivity index (χ2v) is 16.5. The first-order valence-corrected chi connectivity index (χ1v) is 22.2. The second kappa shape index (κ2) is 16.2. The van der Waals surface area contributed by atoms with Crippen LogP contribution in [-0.2, 0) is 0 Å². The highest BCUT2D eigenvalue weighted by Crippen LogP contribution is 2.46. The fraction of sp³-hybridized carbons (Fsp3) is 0. The van der Waals surface area contributed by atoms with Crippen molar-refractivity contribution < 1.29 is 4.42 Å². The minimum Gasteiger partial charge on any atom is -0.456 e. The molecule has 1 heterocycles. The fourth-order valence-corrected chi connectivity index (χ4v) is 9.49. The number of hydrogen-bond donors (Lipinski definition) is 0. The van der Waals surface area contributed by atoms with Gasteiger partial charge in [-0.1, -0.05) is 182 Å². The molecule has 65 heavy (non-hydrogen) atoms. The molecule has 11 aromatic carbocycles. The molecule has 306 valence electrons. The van der Waals surface area contributed by atoms with Crippen LogP contribution >= 0.6 is 0 Å². The molecule has 0 fully saturated rings. The number of rotatable bonds is 9. The van der Waals surface area contributed by atoms with Gasteiger partial charge in [0.2, 0.25) is 0 Å². The van der Waals surface area contributed by atoms with Crippen LogP contribution in [0, 0.1) is 0 Å². The van der Waals surface area contributed by atoms with Crippen LogP contribution in [0.2, 0.25) is 0 Å². The Labute approximate surface area is 378 Å². The summed E-state index contributed by atoms with van der Waals surface area (Å²) in [5.41, 5.74) is 15.3. The number of para-hydroxylation sites is 1. The maximum Gasteiger partial charge on any atom is 0.138 e. The quantitative estimate of drug-likeness (QED) is 0.144. The first-order chi connectivity index (χ1) is 32.2. The van der Waals surface area contributed by atoms with E-state index < -0.39 is 0 Å². The number of hydrogen-bond acceptors (Lipinski definition) is 3. The van der Waals surface area contributed by atoms with Crippen molar-refractivity contribution in [3.05, 3.63) is 255 Å².